The van der Waals surface area contributed by atoms with Gasteiger partial charge in [0.05, 0.1) is 34.4 Å². The summed E-state index contributed by atoms with van der Waals surface area (Å²) in [5.74, 6) is -3.32. The predicted molar refractivity (Wildman–Crippen MR) is 150 cm³/mol. The Labute approximate surface area is 245 Å². The van der Waals surface area contributed by atoms with Crippen LogP contribution in [0.5, 0.6) is 0 Å². The molecule has 2 aliphatic rings. The van der Waals surface area contributed by atoms with Crippen molar-refractivity contribution in [1.29, 1.82) is 0 Å². The summed E-state index contributed by atoms with van der Waals surface area (Å²) in [6.07, 6.45) is -4.66. The first kappa shape index (κ1) is 29.6. The van der Waals surface area contributed by atoms with Crippen LogP contribution in [0.2, 0.25) is 0 Å². The van der Waals surface area contributed by atoms with E-state index in [0.717, 1.165) is 46.2 Å². The van der Waals surface area contributed by atoms with E-state index in [2.05, 4.69) is 5.32 Å². The molecular weight excluding hydrogens is 595 g/mol. The van der Waals surface area contributed by atoms with Gasteiger partial charge < -0.3 is 10.1 Å². The number of benzene rings is 2. The lowest BCUT2D eigenvalue weighted by Crippen LogP contribution is -2.42. The van der Waals surface area contributed by atoms with Crippen molar-refractivity contribution in [2.75, 3.05) is 16.8 Å². The van der Waals surface area contributed by atoms with Gasteiger partial charge in [0.15, 0.2) is 0 Å². The molecule has 0 radical (unpaired) electrons. The van der Waals surface area contributed by atoms with Gasteiger partial charge in [-0.25, -0.2) is 9.69 Å². The number of amides is 3. The van der Waals surface area contributed by atoms with Crippen LogP contribution in [0.1, 0.15) is 41.6 Å². The second-order valence-electron chi connectivity index (χ2n) is 10.2. The summed E-state index contributed by atoms with van der Waals surface area (Å²) in [6.45, 7) is 4.93. The van der Waals surface area contributed by atoms with Crippen molar-refractivity contribution in [2.24, 2.45) is 5.92 Å². The molecule has 5 rings (SSSR count). The number of thioether (sulfide) groups is 1. The number of carbonyl (C=O) groups excluding carboxylic acids is 4. The predicted octanol–water partition coefficient (Wildman–Crippen LogP) is 4.69. The maximum Gasteiger partial charge on any atom is 0.416 e. The first-order chi connectivity index (χ1) is 19.7. The highest BCUT2D eigenvalue weighted by Crippen LogP contribution is 2.54. The van der Waals surface area contributed by atoms with Crippen LogP contribution in [-0.4, -0.2) is 40.1 Å². The van der Waals surface area contributed by atoms with E-state index in [0.29, 0.717) is 21.2 Å². The number of carbonyl (C=O) groups is 4. The van der Waals surface area contributed by atoms with Crippen molar-refractivity contribution >= 4 is 58.2 Å². The zero-order valence-electron chi connectivity index (χ0n) is 22.5. The molecule has 0 aliphatic carbocycles. The zero-order valence-corrected chi connectivity index (χ0v) is 24.1. The summed E-state index contributed by atoms with van der Waals surface area (Å²) in [7, 11) is 0. The second-order valence-corrected chi connectivity index (χ2v) is 12.3. The van der Waals surface area contributed by atoms with Crippen LogP contribution in [-0.2, 0) is 37.3 Å². The smallest absolute Gasteiger partial charge is 0.416 e. The maximum atomic E-state index is 13.5. The molecule has 1 fully saturated rings. The van der Waals surface area contributed by atoms with Gasteiger partial charge in [-0.05, 0) is 49.4 Å². The van der Waals surface area contributed by atoms with Gasteiger partial charge in [0.2, 0.25) is 17.7 Å². The Morgan fingerprint density at radius 3 is 2.38 bits per heavy atom. The average Bonchev–Trinajstić information content (AvgIpc) is 3.37. The number of nitrogens with zero attached hydrogens (tertiary/aromatic N) is 2. The topological polar surface area (TPSA) is 115 Å². The number of imide groups is 1. The Hall–Kier alpha value is -3.91. The van der Waals surface area contributed by atoms with Crippen LogP contribution in [0.3, 0.4) is 0 Å². The van der Waals surface area contributed by atoms with Crippen LogP contribution >= 0.6 is 23.1 Å². The van der Waals surface area contributed by atoms with Crippen LogP contribution in [0, 0.1) is 5.92 Å². The molecule has 2 unspecified atom stereocenters. The first-order valence-corrected chi connectivity index (χ1v) is 14.5. The number of hydrogen-bond acceptors (Lipinski definition) is 8. The number of hydrogen-bond donors (Lipinski definition) is 1. The van der Waals surface area contributed by atoms with Gasteiger partial charge in [0, 0.05) is 16.0 Å². The maximum absolute atomic E-state index is 13.5. The molecule has 2 atom stereocenters. The molecule has 3 amide bonds. The van der Waals surface area contributed by atoms with Gasteiger partial charge in [-0.15, -0.1) is 0 Å². The van der Waals surface area contributed by atoms with Crippen molar-refractivity contribution in [3.63, 3.8) is 0 Å². The van der Waals surface area contributed by atoms with Crippen molar-refractivity contribution in [2.45, 2.75) is 49.2 Å². The van der Waals surface area contributed by atoms with Crippen molar-refractivity contribution in [1.82, 2.24) is 4.57 Å². The Balaban J connectivity index is 1.40. The number of halogens is 3. The van der Waals surface area contributed by atoms with E-state index < -0.39 is 56.9 Å². The zero-order chi connectivity index (χ0) is 30.6. The highest BCUT2D eigenvalue weighted by molar-refractivity contribution is 8.00. The lowest BCUT2D eigenvalue weighted by Gasteiger charge is -2.36. The fourth-order valence-corrected chi connectivity index (χ4v) is 8.13. The average molecular weight is 620 g/mol. The molecule has 0 bridgehead atoms. The van der Waals surface area contributed by atoms with Gasteiger partial charge in [-0.2, -0.15) is 13.2 Å². The number of aromatic nitrogens is 1. The molecule has 0 saturated carbocycles. The third kappa shape index (κ3) is 5.13. The highest BCUT2D eigenvalue weighted by atomic mass is 32.2. The minimum Gasteiger partial charge on any atom is -0.462 e. The van der Waals surface area contributed by atoms with Crippen LogP contribution in [0.25, 0.3) is 0 Å². The van der Waals surface area contributed by atoms with Gasteiger partial charge in [0.25, 0.3) is 0 Å². The summed E-state index contributed by atoms with van der Waals surface area (Å²) < 4.78 is 46.2. The van der Waals surface area contributed by atoms with Gasteiger partial charge in [-0.3, -0.25) is 23.7 Å². The lowest BCUT2D eigenvalue weighted by atomic mass is 9.76. The third-order valence-corrected chi connectivity index (χ3v) is 9.94. The van der Waals surface area contributed by atoms with E-state index in [1.165, 1.54) is 34.9 Å². The fourth-order valence-electron chi connectivity index (χ4n) is 5.09. The summed E-state index contributed by atoms with van der Waals surface area (Å²) in [4.78, 5) is 65.7. The monoisotopic (exact) mass is 619 g/mol. The Kier molecular flexibility index (Phi) is 7.56. The van der Waals surface area contributed by atoms with Crippen molar-refractivity contribution in [3.05, 3.63) is 74.2 Å². The molecule has 2 aliphatic heterocycles. The number of anilines is 2. The van der Waals surface area contributed by atoms with E-state index >= 15 is 0 Å². The summed E-state index contributed by atoms with van der Waals surface area (Å²) in [6, 6.07) is 10.0. The quantitative estimate of drug-likeness (QED) is 0.315. The van der Waals surface area contributed by atoms with Gasteiger partial charge in [0.1, 0.15) is 11.8 Å². The second kappa shape index (κ2) is 10.7. The molecule has 3 heterocycles. The standard InChI is InChI=1S/C28H24F3N3O6S2/c1-4-40-25(38)14-8-10-16(11-9-14)32-18(35)13-33-24-21(42-26(33)39)27(2,3)19-20(41-24)23(37)34(22(19)36)17-7-5-6-15(12-17)28(29,30)31/h5-12,19-20H,4,13H2,1-3H3,(H,32,35). The number of nitrogens with one attached hydrogen (secondary N) is 1. The number of alkyl halides is 3. The van der Waals surface area contributed by atoms with E-state index in [4.69, 9.17) is 4.74 Å². The number of ether oxygens (including phenoxy) is 1. The number of thiazole rings is 1. The summed E-state index contributed by atoms with van der Waals surface area (Å²) in [5, 5.41) is 2.02. The molecule has 1 aromatic heterocycles. The molecule has 9 nitrogen and oxygen atoms in total. The largest absolute Gasteiger partial charge is 0.462 e. The molecule has 2 aromatic carbocycles. The molecular formula is C28H24F3N3O6S2. The minimum atomic E-state index is -4.66. The number of esters is 1. The third-order valence-electron chi connectivity index (χ3n) is 7.12. The summed E-state index contributed by atoms with van der Waals surface area (Å²) >= 11 is 1.82. The molecule has 1 N–H and O–H groups in total. The SMILES string of the molecule is CCOC(=O)c1ccc(NC(=O)Cn2c3c(sc2=O)C(C)(C)C2C(=O)N(c4cccc(C(F)(F)F)c4)C(=O)C2S3)cc1. The molecule has 42 heavy (non-hydrogen) atoms. The highest BCUT2D eigenvalue weighted by Gasteiger charge is 2.59. The van der Waals surface area contributed by atoms with Crippen LogP contribution in [0.4, 0.5) is 24.5 Å². The van der Waals surface area contributed by atoms with E-state index in [-0.39, 0.29) is 18.8 Å². The normalized spacial score (nSPS) is 19.3. The lowest BCUT2D eigenvalue weighted by molar-refractivity contribution is -0.137. The van der Waals surface area contributed by atoms with Crippen molar-refractivity contribution < 1.29 is 37.1 Å². The molecule has 0 spiro atoms. The Bertz CT molecular complexity index is 1660. The Morgan fingerprint density at radius 2 is 1.74 bits per heavy atom. The van der Waals surface area contributed by atoms with E-state index in [1.54, 1.807) is 20.8 Å². The minimum absolute atomic E-state index is 0.181. The van der Waals surface area contributed by atoms with Crippen molar-refractivity contribution in [3.8, 4) is 0 Å². The molecule has 220 valence electrons. The van der Waals surface area contributed by atoms with Gasteiger partial charge in [-0.1, -0.05) is 43.0 Å². The van der Waals surface area contributed by atoms with Crippen LogP contribution < -0.4 is 15.1 Å². The van der Waals surface area contributed by atoms with E-state index in [1.807, 2.05) is 0 Å². The molecule has 3 aromatic rings. The van der Waals surface area contributed by atoms with Gasteiger partial charge >= 0.3 is 17.0 Å². The Morgan fingerprint density at radius 1 is 1.05 bits per heavy atom. The number of fused-ring (bicyclic) bond motifs is 2. The van der Waals surface area contributed by atoms with E-state index in [9.17, 15) is 37.1 Å². The summed E-state index contributed by atoms with van der Waals surface area (Å²) in [5.41, 5.74) is -1.51. The fraction of sp³-hybridized carbons (Fsp3) is 0.321. The van der Waals surface area contributed by atoms with Crippen LogP contribution in [0.15, 0.2) is 58.4 Å². The molecule has 14 heteroatoms. The molecule has 1 saturated heterocycles. The first-order valence-electron chi connectivity index (χ1n) is 12.8. The number of rotatable bonds is 6.